The second kappa shape index (κ2) is 23.3. The minimum Gasteiger partial charge on any atom is -0.479 e. The molecular weight excluding hydrogens is 568 g/mol. The Morgan fingerprint density at radius 2 is 1.81 bits per heavy atom. The molecule has 1 aromatic carbocycles. The summed E-state index contributed by atoms with van der Waals surface area (Å²) in [6.45, 7) is 11.8. The van der Waals surface area contributed by atoms with E-state index in [1.807, 2.05) is 27.7 Å². The van der Waals surface area contributed by atoms with Crippen molar-refractivity contribution in [1.29, 1.82) is 0 Å². The SMILES string of the molecule is C=CS(=O)CCCCCC(=O)NCCC(=O)Nc1cc(COC=O)ccc1OC1CC(O)CC(C(=O)O)O1.CC.CC. The van der Waals surface area contributed by atoms with Crippen molar-refractivity contribution in [2.75, 3.05) is 17.6 Å². The van der Waals surface area contributed by atoms with Gasteiger partial charge in [0.15, 0.2) is 6.10 Å². The van der Waals surface area contributed by atoms with Crippen LogP contribution in [0, 0.1) is 0 Å². The van der Waals surface area contributed by atoms with E-state index >= 15 is 0 Å². The third-order valence-corrected chi connectivity index (χ3v) is 6.61. The minimum absolute atomic E-state index is 0.0295. The monoisotopic (exact) mass is 614 g/mol. The van der Waals surface area contributed by atoms with Gasteiger partial charge in [-0.2, -0.15) is 0 Å². The number of hydrogen-bond donors (Lipinski definition) is 4. The molecule has 1 saturated heterocycles. The Bertz CT molecular complexity index is 1000. The zero-order chi connectivity index (χ0) is 31.9. The van der Waals surface area contributed by atoms with Crippen LogP contribution in [0.2, 0.25) is 0 Å². The second-order valence-corrected chi connectivity index (χ2v) is 10.1. The van der Waals surface area contributed by atoms with E-state index in [0.29, 0.717) is 24.2 Å². The van der Waals surface area contributed by atoms with Crippen molar-refractivity contribution in [3.05, 3.63) is 35.7 Å². The number of carboxylic acids is 1. The number of ether oxygens (including phenoxy) is 3. The van der Waals surface area contributed by atoms with E-state index in [4.69, 9.17) is 14.2 Å². The summed E-state index contributed by atoms with van der Waals surface area (Å²) in [7, 11) is -1.04. The molecular formula is C29H46N2O10S. The van der Waals surface area contributed by atoms with Gasteiger partial charge in [-0.3, -0.25) is 18.6 Å². The predicted molar refractivity (Wildman–Crippen MR) is 160 cm³/mol. The standard InChI is InChI=1S/C25H34N2O10S.2C2H6/c1-2-38(34)11-5-3-4-6-22(30)26-10-9-23(31)27-19-12-17(15-35-16-28)7-8-20(19)36-24-14-18(29)13-21(37-24)25(32)33;2*1-2/h2,7-8,12,16,18,21,24,29H,1,3-6,9-11,13-15H2,(H,26,30)(H,27,31)(H,32,33);2*1-2H3. The van der Waals surface area contributed by atoms with Crippen LogP contribution in [0.25, 0.3) is 0 Å². The van der Waals surface area contributed by atoms with Gasteiger partial charge in [0.05, 0.1) is 11.8 Å². The van der Waals surface area contributed by atoms with Gasteiger partial charge in [-0.1, -0.05) is 46.8 Å². The molecule has 2 rings (SSSR count). The number of hydrogen-bond acceptors (Lipinski definition) is 9. The molecule has 0 spiro atoms. The Morgan fingerprint density at radius 1 is 1.10 bits per heavy atom. The number of unbranched alkanes of at least 4 members (excludes halogenated alkanes) is 2. The van der Waals surface area contributed by atoms with Gasteiger partial charge in [0, 0.05) is 48.8 Å². The molecule has 1 aromatic rings. The van der Waals surface area contributed by atoms with Crippen LogP contribution in [0.15, 0.2) is 30.2 Å². The molecule has 0 radical (unpaired) electrons. The van der Waals surface area contributed by atoms with Crippen LogP contribution in [-0.2, 0) is 46.1 Å². The summed E-state index contributed by atoms with van der Waals surface area (Å²) >= 11 is 0. The molecule has 238 valence electrons. The summed E-state index contributed by atoms with van der Waals surface area (Å²) in [5, 5.41) is 26.0. The molecule has 1 heterocycles. The van der Waals surface area contributed by atoms with E-state index in [1.54, 1.807) is 6.07 Å². The first-order valence-corrected chi connectivity index (χ1v) is 15.6. The Labute approximate surface area is 250 Å². The number of carboxylic acid groups (broad SMARTS) is 1. The third-order valence-electron chi connectivity index (χ3n) is 5.55. The van der Waals surface area contributed by atoms with E-state index in [2.05, 4.69) is 17.2 Å². The van der Waals surface area contributed by atoms with Crippen LogP contribution in [0.3, 0.4) is 0 Å². The lowest BCUT2D eigenvalue weighted by molar-refractivity contribution is -0.195. The summed E-state index contributed by atoms with van der Waals surface area (Å²) in [6.07, 6.45) is -0.870. The minimum atomic E-state index is -1.23. The first-order valence-electron chi connectivity index (χ1n) is 14.2. The molecule has 1 aliphatic rings. The fraction of sp³-hybridized carbons (Fsp3) is 0.586. The number of aliphatic carboxylic acids is 1. The van der Waals surface area contributed by atoms with Gasteiger partial charge < -0.3 is 35.1 Å². The highest BCUT2D eigenvalue weighted by atomic mass is 32.2. The molecule has 4 atom stereocenters. The number of aliphatic hydroxyl groups is 1. The molecule has 0 saturated carbocycles. The maximum absolute atomic E-state index is 12.6. The highest BCUT2D eigenvalue weighted by Crippen LogP contribution is 2.30. The van der Waals surface area contributed by atoms with E-state index in [1.165, 1.54) is 17.5 Å². The van der Waals surface area contributed by atoms with E-state index < -0.39 is 41.2 Å². The van der Waals surface area contributed by atoms with Gasteiger partial charge in [-0.25, -0.2) is 4.79 Å². The van der Waals surface area contributed by atoms with Crippen molar-refractivity contribution < 1.29 is 47.8 Å². The average Bonchev–Trinajstić information content (AvgIpc) is 2.98. The lowest BCUT2D eigenvalue weighted by atomic mass is 10.1. The molecule has 2 amide bonds. The average molecular weight is 615 g/mol. The van der Waals surface area contributed by atoms with Crippen LogP contribution in [0.1, 0.15) is 78.2 Å². The van der Waals surface area contributed by atoms with E-state index in [-0.39, 0.29) is 56.2 Å². The van der Waals surface area contributed by atoms with Gasteiger partial charge in [0.25, 0.3) is 6.47 Å². The summed E-state index contributed by atoms with van der Waals surface area (Å²) in [5.41, 5.74) is 0.777. The smallest absolute Gasteiger partial charge is 0.333 e. The Morgan fingerprint density at radius 3 is 2.45 bits per heavy atom. The van der Waals surface area contributed by atoms with E-state index in [9.17, 15) is 33.6 Å². The van der Waals surface area contributed by atoms with Crippen molar-refractivity contribution in [3.8, 4) is 5.75 Å². The number of anilines is 1. The van der Waals surface area contributed by atoms with Crippen molar-refractivity contribution >= 4 is 40.7 Å². The highest BCUT2D eigenvalue weighted by molar-refractivity contribution is 7.87. The Kier molecular flexibility index (Phi) is 21.5. The maximum Gasteiger partial charge on any atom is 0.333 e. The van der Waals surface area contributed by atoms with Crippen molar-refractivity contribution in [3.63, 3.8) is 0 Å². The number of aliphatic hydroxyl groups excluding tert-OH is 1. The van der Waals surface area contributed by atoms with Gasteiger partial charge in [-0.15, -0.1) is 0 Å². The second-order valence-electron chi connectivity index (χ2n) is 8.58. The number of nitrogens with one attached hydrogen (secondary N) is 2. The summed E-state index contributed by atoms with van der Waals surface area (Å²) in [6, 6.07) is 4.63. The van der Waals surface area contributed by atoms with Crippen LogP contribution in [-0.4, -0.2) is 69.5 Å². The molecule has 0 aliphatic carbocycles. The number of carbonyl (C=O) groups excluding carboxylic acids is 3. The Hall–Kier alpha value is -3.29. The fourth-order valence-corrected chi connectivity index (χ4v) is 4.30. The first-order chi connectivity index (χ1) is 20.2. The van der Waals surface area contributed by atoms with Gasteiger partial charge >= 0.3 is 5.97 Å². The largest absolute Gasteiger partial charge is 0.479 e. The molecule has 4 unspecified atom stereocenters. The van der Waals surface area contributed by atoms with Crippen LogP contribution in [0.4, 0.5) is 5.69 Å². The van der Waals surface area contributed by atoms with Crippen molar-refractivity contribution in [2.24, 2.45) is 0 Å². The Balaban J connectivity index is 0.00000402. The number of rotatable bonds is 17. The molecule has 42 heavy (non-hydrogen) atoms. The van der Waals surface area contributed by atoms with Crippen molar-refractivity contribution in [1.82, 2.24) is 5.32 Å². The summed E-state index contributed by atoms with van der Waals surface area (Å²) in [4.78, 5) is 46.4. The maximum atomic E-state index is 12.6. The van der Waals surface area contributed by atoms with Crippen LogP contribution >= 0.6 is 0 Å². The quantitative estimate of drug-likeness (QED) is 0.150. The normalized spacial score (nSPS) is 18.0. The zero-order valence-corrected chi connectivity index (χ0v) is 25.8. The first kappa shape index (κ1) is 38.7. The molecule has 0 aromatic heterocycles. The highest BCUT2D eigenvalue weighted by Gasteiger charge is 2.34. The van der Waals surface area contributed by atoms with Crippen molar-refractivity contribution in [2.45, 2.75) is 97.7 Å². The number of benzene rings is 1. The van der Waals surface area contributed by atoms with E-state index in [0.717, 1.165) is 12.8 Å². The number of carbonyl (C=O) groups is 4. The third kappa shape index (κ3) is 16.2. The topological polar surface area (TPSA) is 178 Å². The van der Waals surface area contributed by atoms with Crippen LogP contribution in [0.5, 0.6) is 5.75 Å². The van der Waals surface area contributed by atoms with Gasteiger partial charge in [0.1, 0.15) is 12.4 Å². The molecule has 0 bridgehead atoms. The lowest BCUT2D eigenvalue weighted by Gasteiger charge is -2.31. The summed E-state index contributed by atoms with van der Waals surface area (Å²) in [5.74, 6) is -1.16. The zero-order valence-electron chi connectivity index (χ0n) is 25.0. The lowest BCUT2D eigenvalue weighted by Crippen LogP contribution is -2.42. The molecule has 1 aliphatic heterocycles. The molecule has 4 N–H and O–H groups in total. The molecule has 1 fully saturated rings. The van der Waals surface area contributed by atoms with Gasteiger partial charge in [-0.05, 0) is 35.9 Å². The molecule has 13 heteroatoms. The fourth-order valence-electron chi connectivity index (χ4n) is 3.64. The number of amides is 2. The predicted octanol–water partition coefficient (Wildman–Crippen LogP) is 3.64. The van der Waals surface area contributed by atoms with Crippen LogP contribution < -0.4 is 15.4 Å². The van der Waals surface area contributed by atoms with Gasteiger partial charge in [0.2, 0.25) is 18.1 Å². The summed E-state index contributed by atoms with van der Waals surface area (Å²) < 4.78 is 27.2. The molecule has 12 nitrogen and oxygen atoms in total.